The molecule has 1 aromatic heterocycles. The van der Waals surface area contributed by atoms with Crippen LogP contribution in [0.3, 0.4) is 0 Å². The molecule has 1 N–H and O–H groups in total. The van der Waals surface area contributed by atoms with Crippen LogP contribution in [0.1, 0.15) is 16.7 Å². The van der Waals surface area contributed by atoms with Crippen molar-refractivity contribution in [2.45, 2.75) is 25.2 Å². The highest BCUT2D eigenvalue weighted by molar-refractivity contribution is 7.99. The molecule has 1 saturated heterocycles. The molecule has 0 aliphatic carbocycles. The van der Waals surface area contributed by atoms with Gasteiger partial charge in [0.05, 0.1) is 11.5 Å². The molecule has 2 unspecified atom stereocenters. The van der Waals surface area contributed by atoms with E-state index in [0.717, 1.165) is 35.4 Å². The third kappa shape index (κ3) is 3.83. The molecule has 4 nitrogen and oxygen atoms in total. The topological polar surface area (TPSA) is 45.2 Å². The summed E-state index contributed by atoms with van der Waals surface area (Å²) in [4.78, 5) is 19.1. The zero-order valence-electron chi connectivity index (χ0n) is 15.1. The molecule has 2 aliphatic heterocycles. The predicted molar refractivity (Wildman–Crippen MR) is 103 cm³/mol. The van der Waals surface area contributed by atoms with E-state index in [4.69, 9.17) is 0 Å². The maximum atomic E-state index is 13.2. The summed E-state index contributed by atoms with van der Waals surface area (Å²) >= 11 is 1.79. The quantitative estimate of drug-likeness (QED) is 0.846. The molecule has 1 aromatic carbocycles. The summed E-state index contributed by atoms with van der Waals surface area (Å²) in [6, 6.07) is 7.58. The smallest absolute Gasteiger partial charge is 0.366 e. The maximum absolute atomic E-state index is 13.2. The first-order valence-corrected chi connectivity index (χ1v) is 10.3. The van der Waals surface area contributed by atoms with Gasteiger partial charge < -0.3 is 10.2 Å². The third-order valence-electron chi connectivity index (χ3n) is 5.31. The van der Waals surface area contributed by atoms with E-state index < -0.39 is 11.7 Å². The highest BCUT2D eigenvalue weighted by Crippen LogP contribution is 2.40. The van der Waals surface area contributed by atoms with Crippen molar-refractivity contribution in [2.75, 3.05) is 23.0 Å². The first-order chi connectivity index (χ1) is 13.4. The van der Waals surface area contributed by atoms with Crippen LogP contribution in [0.15, 0.2) is 42.7 Å². The zero-order valence-corrected chi connectivity index (χ0v) is 15.9. The van der Waals surface area contributed by atoms with E-state index >= 15 is 0 Å². The molecule has 2 atom stereocenters. The summed E-state index contributed by atoms with van der Waals surface area (Å²) < 4.78 is 39.5. The van der Waals surface area contributed by atoms with Gasteiger partial charge in [0.15, 0.2) is 0 Å². The number of nitrogens with one attached hydrogen (secondary N) is 1. The van der Waals surface area contributed by atoms with Gasteiger partial charge in [0.1, 0.15) is 0 Å². The van der Waals surface area contributed by atoms with E-state index in [9.17, 15) is 18.0 Å². The van der Waals surface area contributed by atoms with E-state index in [1.807, 2.05) is 6.07 Å². The van der Waals surface area contributed by atoms with Crippen molar-refractivity contribution in [3.8, 4) is 0 Å². The van der Waals surface area contributed by atoms with Crippen LogP contribution in [0.2, 0.25) is 0 Å². The summed E-state index contributed by atoms with van der Waals surface area (Å²) in [5.74, 6) is 1.21. The summed E-state index contributed by atoms with van der Waals surface area (Å²) in [6.45, 7) is 1.10. The second kappa shape index (κ2) is 7.66. The number of benzene rings is 1. The van der Waals surface area contributed by atoms with E-state index in [1.165, 1.54) is 6.07 Å². The Balaban J connectivity index is 1.58. The normalized spacial score (nSPS) is 21.6. The number of halogens is 3. The predicted octanol–water partition coefficient (Wildman–Crippen LogP) is 3.51. The number of carbonyl (C=O) groups is 1. The minimum absolute atomic E-state index is 0.00288. The molecule has 0 saturated carbocycles. The molecule has 2 aromatic rings. The fourth-order valence-corrected chi connectivity index (χ4v) is 5.07. The molecule has 8 heteroatoms. The van der Waals surface area contributed by atoms with Gasteiger partial charge in [0.2, 0.25) is 5.91 Å². The lowest BCUT2D eigenvalue weighted by molar-refractivity contribution is -0.137. The third-order valence-corrected chi connectivity index (χ3v) is 6.36. The van der Waals surface area contributed by atoms with Crippen LogP contribution >= 0.6 is 11.8 Å². The number of alkyl halides is 3. The first kappa shape index (κ1) is 19.1. The number of thioether (sulfide) groups is 1. The van der Waals surface area contributed by atoms with Gasteiger partial charge in [-0.15, -0.1) is 0 Å². The van der Waals surface area contributed by atoms with Gasteiger partial charge in [-0.05, 0) is 41.8 Å². The Kier molecular flexibility index (Phi) is 5.23. The molecule has 0 radical (unpaired) electrons. The Morgan fingerprint density at radius 3 is 2.93 bits per heavy atom. The molecule has 2 aliphatic rings. The SMILES string of the molecule is O=C(NCc1cccnc1)C1Cc2cc(C(F)(F)F)ccc2N2CCSCC12. The number of fused-ring (bicyclic) bond motifs is 3. The van der Waals surface area contributed by atoms with Crippen molar-refractivity contribution in [1.29, 1.82) is 0 Å². The fourth-order valence-electron chi connectivity index (χ4n) is 3.92. The Labute approximate surface area is 165 Å². The van der Waals surface area contributed by atoms with Crippen molar-refractivity contribution in [3.63, 3.8) is 0 Å². The number of nitrogens with zero attached hydrogens (tertiary/aromatic N) is 2. The minimum Gasteiger partial charge on any atom is -0.366 e. The van der Waals surface area contributed by atoms with Crippen LogP contribution in [-0.2, 0) is 23.9 Å². The van der Waals surface area contributed by atoms with Gasteiger partial charge in [0.25, 0.3) is 0 Å². The highest BCUT2D eigenvalue weighted by atomic mass is 32.2. The molecule has 0 bridgehead atoms. The van der Waals surface area contributed by atoms with Crippen LogP contribution in [0, 0.1) is 5.92 Å². The van der Waals surface area contributed by atoms with Gasteiger partial charge in [-0.2, -0.15) is 24.9 Å². The van der Waals surface area contributed by atoms with E-state index in [0.29, 0.717) is 18.5 Å². The van der Waals surface area contributed by atoms with E-state index in [2.05, 4.69) is 15.2 Å². The number of hydrogen-bond acceptors (Lipinski definition) is 4. The van der Waals surface area contributed by atoms with E-state index in [1.54, 1.807) is 36.3 Å². The van der Waals surface area contributed by atoms with Crippen molar-refractivity contribution in [2.24, 2.45) is 5.92 Å². The van der Waals surface area contributed by atoms with Crippen LogP contribution in [0.4, 0.5) is 18.9 Å². The van der Waals surface area contributed by atoms with Crippen LogP contribution in [-0.4, -0.2) is 35.0 Å². The molecule has 1 fully saturated rings. The van der Waals surface area contributed by atoms with Gasteiger partial charge in [-0.1, -0.05) is 6.07 Å². The zero-order chi connectivity index (χ0) is 19.7. The second-order valence-electron chi connectivity index (χ2n) is 7.07. The van der Waals surface area contributed by atoms with Crippen LogP contribution in [0.5, 0.6) is 0 Å². The van der Waals surface area contributed by atoms with Gasteiger partial charge in [-0.3, -0.25) is 9.78 Å². The average molecular weight is 407 g/mol. The van der Waals surface area contributed by atoms with E-state index in [-0.39, 0.29) is 17.9 Å². The lowest BCUT2D eigenvalue weighted by Crippen LogP contribution is -2.55. The standard InChI is InChI=1S/C20H20F3N3OS/c21-20(22,23)15-3-4-17-14(8-15)9-16(18-12-28-7-6-26(17)18)19(27)25-11-13-2-1-5-24-10-13/h1-5,8,10,16,18H,6-7,9,11-12H2,(H,25,27). The summed E-state index contributed by atoms with van der Waals surface area (Å²) in [7, 11) is 0. The van der Waals surface area contributed by atoms with Crippen molar-refractivity contribution in [3.05, 3.63) is 59.4 Å². The van der Waals surface area contributed by atoms with Gasteiger partial charge >= 0.3 is 6.18 Å². The van der Waals surface area contributed by atoms with Crippen LogP contribution in [0.25, 0.3) is 0 Å². The molecule has 28 heavy (non-hydrogen) atoms. The lowest BCUT2D eigenvalue weighted by Gasteiger charge is -2.45. The molecular weight excluding hydrogens is 387 g/mol. The number of carbonyl (C=O) groups excluding carboxylic acids is 1. The Bertz CT molecular complexity index is 860. The molecule has 4 rings (SSSR count). The van der Waals surface area contributed by atoms with Crippen molar-refractivity contribution < 1.29 is 18.0 Å². The summed E-state index contributed by atoms with van der Waals surface area (Å²) in [5, 5.41) is 2.94. The number of hydrogen-bond donors (Lipinski definition) is 1. The fraction of sp³-hybridized carbons (Fsp3) is 0.400. The molecule has 148 valence electrons. The Morgan fingerprint density at radius 2 is 2.18 bits per heavy atom. The number of anilines is 1. The maximum Gasteiger partial charge on any atom is 0.416 e. The Morgan fingerprint density at radius 1 is 1.32 bits per heavy atom. The monoisotopic (exact) mass is 407 g/mol. The summed E-state index contributed by atoms with van der Waals surface area (Å²) in [5.41, 5.74) is 1.65. The highest BCUT2D eigenvalue weighted by Gasteiger charge is 2.41. The average Bonchev–Trinajstić information content (AvgIpc) is 2.71. The van der Waals surface area contributed by atoms with Gasteiger partial charge in [0, 0.05) is 48.7 Å². The first-order valence-electron chi connectivity index (χ1n) is 9.14. The molecular formula is C20H20F3N3OS. The molecule has 3 heterocycles. The van der Waals surface area contributed by atoms with Gasteiger partial charge in [-0.25, -0.2) is 0 Å². The molecule has 0 spiro atoms. The number of rotatable bonds is 3. The van der Waals surface area contributed by atoms with Crippen LogP contribution < -0.4 is 10.2 Å². The van der Waals surface area contributed by atoms with Crippen molar-refractivity contribution >= 4 is 23.4 Å². The number of aromatic nitrogens is 1. The largest absolute Gasteiger partial charge is 0.416 e. The minimum atomic E-state index is -4.39. The molecule has 1 amide bonds. The summed E-state index contributed by atoms with van der Waals surface area (Å²) in [6.07, 6.45) is -0.713. The number of amides is 1. The second-order valence-corrected chi connectivity index (χ2v) is 8.22. The lowest BCUT2D eigenvalue weighted by atomic mass is 9.84. The van der Waals surface area contributed by atoms with Crippen molar-refractivity contribution in [1.82, 2.24) is 10.3 Å². The Hall–Kier alpha value is -2.22. The number of pyridine rings is 1.